The zero-order valence-corrected chi connectivity index (χ0v) is 13.2. The number of esters is 1. The highest BCUT2D eigenvalue weighted by atomic mass is 16.5. The summed E-state index contributed by atoms with van der Waals surface area (Å²) in [5, 5.41) is 2.71. The van der Waals surface area contributed by atoms with Gasteiger partial charge in [-0.25, -0.2) is 4.79 Å². The maximum absolute atomic E-state index is 12.4. The predicted molar refractivity (Wildman–Crippen MR) is 78.9 cm³/mol. The molecule has 3 fully saturated rings. The van der Waals surface area contributed by atoms with Crippen LogP contribution in [0.5, 0.6) is 0 Å². The number of nitrogens with zero attached hydrogens (tertiary/aromatic N) is 1. The van der Waals surface area contributed by atoms with Crippen LogP contribution in [0, 0.1) is 11.8 Å². The highest BCUT2D eigenvalue weighted by Crippen LogP contribution is 2.38. The molecule has 2 saturated carbocycles. The van der Waals surface area contributed by atoms with Crippen LogP contribution in [0.25, 0.3) is 0 Å². The predicted octanol–water partition coefficient (Wildman–Crippen LogP) is 0.372. The number of amides is 3. The van der Waals surface area contributed by atoms with Crippen LogP contribution in [0.4, 0.5) is 0 Å². The molecule has 126 valence electrons. The standard InChI is InChI=1S/C16H22N2O5/c1-9(16(22)23-8-13(19)17-10-6-7-10)18-14(20)11-4-2-3-5-12(11)15(18)21/h9-12H,2-8H2,1H3,(H,17,19)/t9-,11+,12+/m0/s1. The molecule has 1 saturated heterocycles. The Kier molecular flexibility index (Phi) is 4.37. The highest BCUT2D eigenvalue weighted by Gasteiger charge is 2.51. The van der Waals surface area contributed by atoms with E-state index < -0.39 is 12.0 Å². The maximum atomic E-state index is 12.4. The molecule has 0 bridgehead atoms. The summed E-state index contributed by atoms with van der Waals surface area (Å²) < 4.78 is 4.96. The third kappa shape index (κ3) is 3.23. The smallest absolute Gasteiger partial charge is 0.329 e. The van der Waals surface area contributed by atoms with Crippen LogP contribution < -0.4 is 5.32 Å². The van der Waals surface area contributed by atoms with E-state index in [1.807, 2.05) is 0 Å². The molecule has 1 N–H and O–H groups in total. The first-order chi connectivity index (χ1) is 11.0. The molecule has 0 aromatic carbocycles. The van der Waals surface area contributed by atoms with Gasteiger partial charge in [0.2, 0.25) is 11.8 Å². The van der Waals surface area contributed by atoms with E-state index in [0.29, 0.717) is 12.8 Å². The molecule has 23 heavy (non-hydrogen) atoms. The van der Waals surface area contributed by atoms with E-state index in [1.54, 1.807) is 0 Å². The van der Waals surface area contributed by atoms with Crippen molar-refractivity contribution in [2.75, 3.05) is 6.61 Å². The first-order valence-electron chi connectivity index (χ1n) is 8.32. The fraction of sp³-hybridized carbons (Fsp3) is 0.750. The van der Waals surface area contributed by atoms with Crippen molar-refractivity contribution >= 4 is 23.7 Å². The summed E-state index contributed by atoms with van der Waals surface area (Å²) >= 11 is 0. The Balaban J connectivity index is 1.56. The number of imide groups is 1. The van der Waals surface area contributed by atoms with Crippen molar-refractivity contribution in [3.8, 4) is 0 Å². The number of nitrogens with one attached hydrogen (secondary N) is 1. The van der Waals surface area contributed by atoms with Gasteiger partial charge in [-0.3, -0.25) is 19.3 Å². The first-order valence-corrected chi connectivity index (χ1v) is 8.32. The van der Waals surface area contributed by atoms with E-state index >= 15 is 0 Å². The van der Waals surface area contributed by atoms with Gasteiger partial charge in [-0.15, -0.1) is 0 Å². The van der Waals surface area contributed by atoms with Crippen LogP contribution in [-0.4, -0.2) is 47.3 Å². The monoisotopic (exact) mass is 322 g/mol. The summed E-state index contributed by atoms with van der Waals surface area (Å²) in [7, 11) is 0. The van der Waals surface area contributed by atoms with Crippen molar-refractivity contribution in [3.05, 3.63) is 0 Å². The van der Waals surface area contributed by atoms with E-state index in [-0.39, 0.29) is 42.2 Å². The van der Waals surface area contributed by atoms with E-state index in [1.165, 1.54) is 6.92 Å². The summed E-state index contributed by atoms with van der Waals surface area (Å²) in [5.74, 6) is -2.18. The molecule has 0 unspecified atom stereocenters. The fourth-order valence-corrected chi connectivity index (χ4v) is 3.43. The molecule has 1 aliphatic heterocycles. The summed E-state index contributed by atoms with van der Waals surface area (Å²) in [4.78, 5) is 49.5. The molecule has 1 heterocycles. The number of ether oxygens (including phenoxy) is 1. The van der Waals surface area contributed by atoms with Crippen molar-refractivity contribution in [1.29, 1.82) is 0 Å². The SMILES string of the molecule is C[C@@H](C(=O)OCC(=O)NC1CC1)N1C(=O)[C@@H]2CCCC[C@H]2C1=O. The quantitative estimate of drug-likeness (QED) is 0.583. The van der Waals surface area contributed by atoms with Gasteiger partial charge in [0.05, 0.1) is 11.8 Å². The van der Waals surface area contributed by atoms with Gasteiger partial charge in [0.1, 0.15) is 6.04 Å². The molecular weight excluding hydrogens is 300 g/mol. The second-order valence-electron chi connectivity index (χ2n) is 6.67. The van der Waals surface area contributed by atoms with Crippen LogP contribution in [0.2, 0.25) is 0 Å². The number of likely N-dealkylation sites (tertiary alicyclic amines) is 1. The van der Waals surface area contributed by atoms with E-state index in [0.717, 1.165) is 30.6 Å². The minimum absolute atomic E-state index is 0.198. The molecule has 3 atom stereocenters. The number of hydrogen-bond donors (Lipinski definition) is 1. The molecule has 0 radical (unpaired) electrons. The third-order valence-corrected chi connectivity index (χ3v) is 4.89. The zero-order chi connectivity index (χ0) is 16.6. The normalized spacial score (nSPS) is 28.3. The zero-order valence-electron chi connectivity index (χ0n) is 13.2. The molecule has 0 aromatic heterocycles. The van der Waals surface area contributed by atoms with Crippen LogP contribution in [0.15, 0.2) is 0 Å². The van der Waals surface area contributed by atoms with Gasteiger partial charge in [-0.1, -0.05) is 12.8 Å². The van der Waals surface area contributed by atoms with Crippen LogP contribution >= 0.6 is 0 Å². The van der Waals surface area contributed by atoms with Gasteiger partial charge in [-0.2, -0.15) is 0 Å². The summed E-state index contributed by atoms with van der Waals surface area (Å²) in [6.45, 7) is 1.11. The molecule has 0 spiro atoms. The van der Waals surface area contributed by atoms with Crippen molar-refractivity contribution in [1.82, 2.24) is 10.2 Å². The lowest BCUT2D eigenvalue weighted by Gasteiger charge is -2.21. The van der Waals surface area contributed by atoms with Crippen LogP contribution in [0.3, 0.4) is 0 Å². The van der Waals surface area contributed by atoms with Crippen molar-refractivity contribution in [2.24, 2.45) is 11.8 Å². The minimum atomic E-state index is -0.977. The summed E-state index contributed by atoms with van der Waals surface area (Å²) in [6.07, 6.45) is 5.20. The van der Waals surface area contributed by atoms with E-state index in [4.69, 9.17) is 4.74 Å². The molecule has 3 aliphatic rings. The lowest BCUT2D eigenvalue weighted by atomic mass is 9.81. The summed E-state index contributed by atoms with van der Waals surface area (Å²) in [6, 6.07) is -0.780. The van der Waals surface area contributed by atoms with Crippen LogP contribution in [-0.2, 0) is 23.9 Å². The number of fused-ring (bicyclic) bond motifs is 1. The fourth-order valence-electron chi connectivity index (χ4n) is 3.43. The topological polar surface area (TPSA) is 92.8 Å². The Bertz CT molecular complexity index is 519. The molecular formula is C16H22N2O5. The average molecular weight is 322 g/mol. The molecule has 7 heteroatoms. The maximum Gasteiger partial charge on any atom is 0.329 e. The number of hydrogen-bond acceptors (Lipinski definition) is 5. The van der Waals surface area contributed by atoms with Gasteiger partial charge in [0.15, 0.2) is 6.61 Å². The second kappa shape index (κ2) is 6.29. The highest BCUT2D eigenvalue weighted by molar-refractivity contribution is 6.07. The Morgan fingerprint density at radius 2 is 1.70 bits per heavy atom. The van der Waals surface area contributed by atoms with Gasteiger partial charge in [0.25, 0.3) is 5.91 Å². The lowest BCUT2D eigenvalue weighted by molar-refractivity contribution is -0.159. The molecule has 3 rings (SSSR count). The van der Waals surface area contributed by atoms with Gasteiger partial charge >= 0.3 is 5.97 Å². The molecule has 7 nitrogen and oxygen atoms in total. The van der Waals surface area contributed by atoms with Crippen LogP contribution in [0.1, 0.15) is 45.4 Å². The van der Waals surface area contributed by atoms with Crippen molar-refractivity contribution < 1.29 is 23.9 Å². The number of carbonyl (C=O) groups excluding carboxylic acids is 4. The van der Waals surface area contributed by atoms with Gasteiger partial charge in [-0.05, 0) is 32.6 Å². The Morgan fingerprint density at radius 3 is 2.22 bits per heavy atom. The second-order valence-corrected chi connectivity index (χ2v) is 6.67. The third-order valence-electron chi connectivity index (χ3n) is 4.89. The van der Waals surface area contributed by atoms with Crippen molar-refractivity contribution in [3.63, 3.8) is 0 Å². The molecule has 2 aliphatic carbocycles. The Labute approximate surface area is 134 Å². The molecule has 3 amide bonds. The summed E-state index contributed by atoms with van der Waals surface area (Å²) in [5.41, 5.74) is 0. The Hall–Kier alpha value is -1.92. The lowest BCUT2D eigenvalue weighted by Crippen LogP contribution is -2.45. The largest absolute Gasteiger partial charge is 0.454 e. The Morgan fingerprint density at radius 1 is 1.13 bits per heavy atom. The first kappa shape index (κ1) is 16.0. The number of carbonyl (C=O) groups is 4. The van der Waals surface area contributed by atoms with E-state index in [9.17, 15) is 19.2 Å². The van der Waals surface area contributed by atoms with Gasteiger partial charge in [0, 0.05) is 6.04 Å². The minimum Gasteiger partial charge on any atom is -0.454 e. The van der Waals surface area contributed by atoms with E-state index in [2.05, 4.69) is 5.32 Å². The van der Waals surface area contributed by atoms with Gasteiger partial charge < -0.3 is 10.1 Å². The molecule has 0 aromatic rings. The van der Waals surface area contributed by atoms with Crippen molar-refractivity contribution in [2.45, 2.75) is 57.5 Å². The average Bonchev–Trinajstić information content (AvgIpc) is 3.32. The number of rotatable bonds is 5.